The van der Waals surface area contributed by atoms with Crippen molar-refractivity contribution in [3.05, 3.63) is 38.4 Å². The Morgan fingerprint density at radius 1 is 1.37 bits per heavy atom. The van der Waals surface area contributed by atoms with Gasteiger partial charge in [0.25, 0.3) is 5.91 Å². The van der Waals surface area contributed by atoms with Crippen molar-refractivity contribution in [1.82, 2.24) is 15.0 Å². The average molecular weight is 390 g/mol. The SMILES string of the molecule is Cc1noc(C)c1CN1CCc2c(C(=O)N3CCCOC(C)C3)csc2C1. The smallest absolute Gasteiger partial charge is 0.255 e. The summed E-state index contributed by atoms with van der Waals surface area (Å²) in [6.07, 6.45) is 1.94. The van der Waals surface area contributed by atoms with Crippen molar-refractivity contribution in [2.24, 2.45) is 0 Å². The van der Waals surface area contributed by atoms with Gasteiger partial charge in [-0.05, 0) is 39.2 Å². The van der Waals surface area contributed by atoms with Crippen LogP contribution in [0.1, 0.15) is 51.2 Å². The molecule has 0 bridgehead atoms. The van der Waals surface area contributed by atoms with Gasteiger partial charge >= 0.3 is 0 Å². The largest absolute Gasteiger partial charge is 0.377 e. The molecule has 7 heteroatoms. The summed E-state index contributed by atoms with van der Waals surface area (Å²) in [5, 5.41) is 6.12. The highest BCUT2D eigenvalue weighted by Crippen LogP contribution is 2.31. The van der Waals surface area contributed by atoms with Gasteiger partial charge in [-0.1, -0.05) is 5.16 Å². The Bertz CT molecular complexity index is 809. The van der Waals surface area contributed by atoms with Gasteiger partial charge in [0.2, 0.25) is 0 Å². The van der Waals surface area contributed by atoms with E-state index in [2.05, 4.69) is 15.4 Å². The normalized spacial score (nSPS) is 21.1. The number of thiophene rings is 1. The second-order valence-electron chi connectivity index (χ2n) is 7.60. The van der Waals surface area contributed by atoms with E-state index < -0.39 is 0 Å². The number of carbonyl (C=O) groups excluding carboxylic acids is 1. The van der Waals surface area contributed by atoms with Gasteiger partial charge in [-0.25, -0.2) is 0 Å². The molecule has 1 amide bonds. The molecule has 2 aliphatic rings. The van der Waals surface area contributed by atoms with Crippen LogP contribution in [0.5, 0.6) is 0 Å². The van der Waals surface area contributed by atoms with Gasteiger partial charge in [0.05, 0.1) is 17.4 Å². The third-order valence-electron chi connectivity index (χ3n) is 5.56. The van der Waals surface area contributed by atoms with Crippen LogP contribution >= 0.6 is 11.3 Å². The second kappa shape index (κ2) is 7.73. The number of rotatable bonds is 3. The van der Waals surface area contributed by atoms with Crippen molar-refractivity contribution < 1.29 is 14.1 Å². The van der Waals surface area contributed by atoms with Crippen LogP contribution in [-0.2, 0) is 24.2 Å². The van der Waals surface area contributed by atoms with Gasteiger partial charge in [0.1, 0.15) is 5.76 Å². The Morgan fingerprint density at radius 3 is 3.00 bits per heavy atom. The fraction of sp³-hybridized carbons (Fsp3) is 0.600. The predicted molar refractivity (Wildman–Crippen MR) is 104 cm³/mol. The molecule has 1 unspecified atom stereocenters. The zero-order valence-corrected chi connectivity index (χ0v) is 17.1. The number of carbonyl (C=O) groups is 1. The van der Waals surface area contributed by atoms with Gasteiger partial charge in [-0.3, -0.25) is 9.69 Å². The van der Waals surface area contributed by atoms with Crippen molar-refractivity contribution in [2.45, 2.75) is 52.8 Å². The molecule has 0 aliphatic carbocycles. The zero-order chi connectivity index (χ0) is 19.0. The van der Waals surface area contributed by atoms with Crippen molar-refractivity contribution in [3.63, 3.8) is 0 Å². The third kappa shape index (κ3) is 3.81. The summed E-state index contributed by atoms with van der Waals surface area (Å²) in [4.78, 5) is 18.8. The number of fused-ring (bicyclic) bond motifs is 1. The minimum absolute atomic E-state index is 0.108. The minimum atomic E-state index is 0.108. The zero-order valence-electron chi connectivity index (χ0n) is 16.3. The maximum Gasteiger partial charge on any atom is 0.255 e. The molecule has 1 fully saturated rings. The first-order chi connectivity index (χ1) is 13.0. The molecule has 0 saturated carbocycles. The van der Waals surface area contributed by atoms with E-state index in [0.29, 0.717) is 6.54 Å². The number of ether oxygens (including phenoxy) is 1. The fourth-order valence-electron chi connectivity index (χ4n) is 4.00. The van der Waals surface area contributed by atoms with E-state index in [0.717, 1.165) is 62.6 Å². The van der Waals surface area contributed by atoms with Crippen LogP contribution < -0.4 is 0 Å². The van der Waals surface area contributed by atoms with E-state index in [9.17, 15) is 4.79 Å². The number of aryl methyl sites for hydroxylation is 2. The molecule has 146 valence electrons. The molecule has 1 saturated heterocycles. The molecule has 2 aromatic heterocycles. The highest BCUT2D eigenvalue weighted by molar-refractivity contribution is 7.10. The summed E-state index contributed by atoms with van der Waals surface area (Å²) in [5.41, 5.74) is 4.31. The average Bonchev–Trinajstić information content (AvgIpc) is 3.13. The number of amides is 1. The summed E-state index contributed by atoms with van der Waals surface area (Å²) < 4.78 is 11.0. The van der Waals surface area contributed by atoms with Gasteiger partial charge < -0.3 is 14.2 Å². The molecule has 6 nitrogen and oxygen atoms in total. The van der Waals surface area contributed by atoms with Crippen molar-refractivity contribution in [2.75, 3.05) is 26.2 Å². The first-order valence-electron chi connectivity index (χ1n) is 9.67. The third-order valence-corrected chi connectivity index (χ3v) is 6.57. The van der Waals surface area contributed by atoms with Crippen LogP contribution in [0.3, 0.4) is 0 Å². The van der Waals surface area contributed by atoms with E-state index in [1.807, 2.05) is 25.7 Å². The molecule has 0 aromatic carbocycles. The molecule has 1 atom stereocenters. The van der Waals surface area contributed by atoms with Crippen molar-refractivity contribution in [1.29, 1.82) is 0 Å². The number of hydrogen-bond donors (Lipinski definition) is 0. The fourth-order valence-corrected chi connectivity index (χ4v) is 5.11. The summed E-state index contributed by atoms with van der Waals surface area (Å²) in [6, 6.07) is 0. The lowest BCUT2D eigenvalue weighted by molar-refractivity contribution is 0.0562. The summed E-state index contributed by atoms with van der Waals surface area (Å²) in [6.45, 7) is 10.9. The number of nitrogens with zero attached hydrogens (tertiary/aromatic N) is 3. The molecule has 4 heterocycles. The Hall–Kier alpha value is -1.70. The maximum atomic E-state index is 13.1. The highest BCUT2D eigenvalue weighted by Gasteiger charge is 2.28. The van der Waals surface area contributed by atoms with Crippen LogP contribution in [0.15, 0.2) is 9.90 Å². The van der Waals surface area contributed by atoms with E-state index in [-0.39, 0.29) is 12.0 Å². The lowest BCUT2D eigenvalue weighted by Gasteiger charge is -2.28. The topological polar surface area (TPSA) is 58.8 Å². The second-order valence-corrected chi connectivity index (χ2v) is 8.56. The van der Waals surface area contributed by atoms with Crippen LogP contribution in [0, 0.1) is 13.8 Å². The van der Waals surface area contributed by atoms with Crippen LogP contribution in [-0.4, -0.2) is 53.2 Å². The quantitative estimate of drug-likeness (QED) is 0.807. The summed E-state index contributed by atoms with van der Waals surface area (Å²) in [5.74, 6) is 1.07. The molecule has 0 spiro atoms. The van der Waals surface area contributed by atoms with Crippen molar-refractivity contribution in [3.8, 4) is 0 Å². The summed E-state index contributed by atoms with van der Waals surface area (Å²) >= 11 is 1.72. The Kier molecular flexibility index (Phi) is 5.34. The van der Waals surface area contributed by atoms with Gasteiger partial charge in [-0.15, -0.1) is 11.3 Å². The van der Waals surface area contributed by atoms with E-state index in [1.165, 1.54) is 16.0 Å². The van der Waals surface area contributed by atoms with Gasteiger partial charge in [0, 0.05) is 55.2 Å². The molecule has 0 N–H and O–H groups in total. The predicted octanol–water partition coefficient (Wildman–Crippen LogP) is 3.16. The lowest BCUT2D eigenvalue weighted by Crippen LogP contribution is -2.37. The Balaban J connectivity index is 1.47. The first kappa shape index (κ1) is 18.7. The number of aromatic nitrogens is 1. The molecule has 27 heavy (non-hydrogen) atoms. The minimum Gasteiger partial charge on any atom is -0.377 e. The van der Waals surface area contributed by atoms with Crippen LogP contribution in [0.25, 0.3) is 0 Å². The van der Waals surface area contributed by atoms with E-state index in [4.69, 9.17) is 9.26 Å². The van der Waals surface area contributed by atoms with Crippen LogP contribution in [0.4, 0.5) is 0 Å². The maximum absolute atomic E-state index is 13.1. The Labute approximate surface area is 164 Å². The first-order valence-corrected chi connectivity index (χ1v) is 10.5. The Morgan fingerprint density at radius 2 is 2.22 bits per heavy atom. The molecular formula is C20H27N3O3S. The molecule has 2 aromatic rings. The highest BCUT2D eigenvalue weighted by atomic mass is 32.1. The van der Waals surface area contributed by atoms with E-state index >= 15 is 0 Å². The molecular weight excluding hydrogens is 362 g/mol. The van der Waals surface area contributed by atoms with E-state index in [1.54, 1.807) is 11.3 Å². The van der Waals surface area contributed by atoms with Gasteiger partial charge in [-0.2, -0.15) is 0 Å². The molecule has 0 radical (unpaired) electrons. The van der Waals surface area contributed by atoms with Crippen molar-refractivity contribution >= 4 is 17.2 Å². The van der Waals surface area contributed by atoms with Gasteiger partial charge in [0.15, 0.2) is 0 Å². The lowest BCUT2D eigenvalue weighted by atomic mass is 10.0. The molecule has 2 aliphatic heterocycles. The summed E-state index contributed by atoms with van der Waals surface area (Å²) in [7, 11) is 0. The molecule has 4 rings (SSSR count). The monoisotopic (exact) mass is 389 g/mol. The standard InChI is InChI=1S/C20H27N3O3S/c1-13-9-23(6-4-8-25-13)20(24)18-12-27-19-11-22(7-5-16(18)19)10-17-14(2)21-26-15(17)3/h12-13H,4-11H2,1-3H3. The van der Waals surface area contributed by atoms with Crippen LogP contribution in [0.2, 0.25) is 0 Å². The number of hydrogen-bond acceptors (Lipinski definition) is 6.